The van der Waals surface area contributed by atoms with Gasteiger partial charge in [-0.2, -0.15) is 0 Å². The summed E-state index contributed by atoms with van der Waals surface area (Å²) in [6.45, 7) is 1.36. The smallest absolute Gasteiger partial charge is 0.328 e. The molecule has 0 aliphatic carbocycles. The molecule has 2 aromatic carbocycles. The van der Waals surface area contributed by atoms with E-state index in [-0.39, 0.29) is 10.8 Å². The molecule has 0 bridgehead atoms. The van der Waals surface area contributed by atoms with Crippen molar-refractivity contribution in [2.75, 3.05) is 10.0 Å². The summed E-state index contributed by atoms with van der Waals surface area (Å²) < 4.78 is 27.2. The lowest BCUT2D eigenvalue weighted by Gasteiger charge is -2.10. The summed E-state index contributed by atoms with van der Waals surface area (Å²) in [6, 6.07) is 12.1. The van der Waals surface area contributed by atoms with E-state index in [1.165, 1.54) is 43.3 Å². The molecule has 0 spiro atoms. The number of carboxylic acids is 1. The Morgan fingerprint density at radius 3 is 2.28 bits per heavy atom. The van der Waals surface area contributed by atoms with Crippen molar-refractivity contribution < 1.29 is 23.1 Å². The lowest BCUT2D eigenvalue weighted by Crippen LogP contribution is -2.13. The van der Waals surface area contributed by atoms with Crippen molar-refractivity contribution in [3.05, 3.63) is 60.2 Å². The van der Waals surface area contributed by atoms with Gasteiger partial charge in [-0.1, -0.05) is 18.2 Å². The van der Waals surface area contributed by atoms with Crippen LogP contribution >= 0.6 is 0 Å². The molecule has 8 heteroatoms. The van der Waals surface area contributed by atoms with Crippen LogP contribution in [0.1, 0.15) is 12.5 Å². The van der Waals surface area contributed by atoms with Crippen LogP contribution in [-0.4, -0.2) is 25.4 Å². The third-order valence-electron chi connectivity index (χ3n) is 3.04. The van der Waals surface area contributed by atoms with Crippen LogP contribution in [0.4, 0.5) is 11.4 Å². The highest BCUT2D eigenvalue weighted by Gasteiger charge is 2.14. The van der Waals surface area contributed by atoms with Gasteiger partial charge in [0.15, 0.2) is 0 Å². The fourth-order valence-corrected chi connectivity index (χ4v) is 3.05. The molecule has 0 atom stereocenters. The Balaban J connectivity index is 2.19. The number of carbonyl (C=O) groups is 2. The fourth-order valence-electron chi connectivity index (χ4n) is 2.00. The molecule has 0 fully saturated rings. The maximum absolute atomic E-state index is 12.4. The lowest BCUT2D eigenvalue weighted by atomic mass is 10.2. The van der Waals surface area contributed by atoms with Gasteiger partial charge in [0.25, 0.3) is 10.0 Å². The van der Waals surface area contributed by atoms with Gasteiger partial charge in [-0.15, -0.1) is 0 Å². The number of amides is 1. The third kappa shape index (κ3) is 5.47. The molecule has 0 aromatic heterocycles. The molecule has 2 aromatic rings. The third-order valence-corrected chi connectivity index (χ3v) is 4.44. The first kappa shape index (κ1) is 18.2. The summed E-state index contributed by atoms with van der Waals surface area (Å²) in [4.78, 5) is 21.6. The number of benzene rings is 2. The number of carboxylic acid groups (broad SMARTS) is 1. The predicted octanol–water partition coefficient (Wildman–Crippen LogP) is 2.54. The van der Waals surface area contributed by atoms with Crippen molar-refractivity contribution in [2.24, 2.45) is 0 Å². The Bertz CT molecular complexity index is 918. The molecule has 0 heterocycles. The quantitative estimate of drug-likeness (QED) is 0.685. The van der Waals surface area contributed by atoms with E-state index in [9.17, 15) is 18.0 Å². The zero-order chi connectivity index (χ0) is 18.4. The number of nitrogens with one attached hydrogen (secondary N) is 2. The highest BCUT2D eigenvalue weighted by Crippen LogP contribution is 2.20. The van der Waals surface area contributed by atoms with Crippen LogP contribution in [0, 0.1) is 0 Å². The molecule has 0 saturated carbocycles. The predicted molar refractivity (Wildman–Crippen MR) is 94.7 cm³/mol. The van der Waals surface area contributed by atoms with Crippen LogP contribution in [0.3, 0.4) is 0 Å². The number of sulfonamides is 1. The first-order chi connectivity index (χ1) is 11.8. The van der Waals surface area contributed by atoms with E-state index >= 15 is 0 Å². The standard InChI is InChI=1S/C17H16N2O5S/c1-12(20)18-14-3-2-4-15(11-14)19-25(23,24)16-8-5-13(6-9-16)7-10-17(21)22/h2-11,19H,1H3,(H,18,20)(H,21,22). The SMILES string of the molecule is CC(=O)Nc1cccc(NS(=O)(=O)c2ccc(C=CC(=O)O)cc2)c1. The molecule has 1 amide bonds. The molecule has 0 unspecified atom stereocenters. The minimum atomic E-state index is -3.81. The van der Waals surface area contributed by atoms with Gasteiger partial charge in [0, 0.05) is 18.7 Å². The van der Waals surface area contributed by atoms with E-state index in [0.29, 0.717) is 16.9 Å². The number of carbonyl (C=O) groups excluding carboxylic acids is 1. The van der Waals surface area contributed by atoms with E-state index in [0.717, 1.165) is 6.08 Å². The Kier molecular flexibility index (Phi) is 5.56. The van der Waals surface area contributed by atoms with Gasteiger partial charge in [-0.25, -0.2) is 13.2 Å². The number of hydrogen-bond acceptors (Lipinski definition) is 4. The zero-order valence-electron chi connectivity index (χ0n) is 13.3. The molecule has 130 valence electrons. The molecular weight excluding hydrogens is 344 g/mol. The summed E-state index contributed by atoms with van der Waals surface area (Å²) in [5.74, 6) is -1.34. The van der Waals surface area contributed by atoms with Crippen molar-refractivity contribution in [3.8, 4) is 0 Å². The normalized spacial score (nSPS) is 11.2. The Hall–Kier alpha value is -3.13. The molecule has 0 radical (unpaired) electrons. The van der Waals surface area contributed by atoms with Gasteiger partial charge in [0.2, 0.25) is 5.91 Å². The van der Waals surface area contributed by atoms with Crippen LogP contribution in [-0.2, 0) is 19.6 Å². The number of aliphatic carboxylic acids is 1. The van der Waals surface area contributed by atoms with Crippen LogP contribution in [0.25, 0.3) is 6.08 Å². The molecule has 0 saturated heterocycles. The molecule has 25 heavy (non-hydrogen) atoms. The Morgan fingerprint density at radius 2 is 1.68 bits per heavy atom. The van der Waals surface area contributed by atoms with E-state index in [2.05, 4.69) is 10.0 Å². The van der Waals surface area contributed by atoms with Crippen molar-refractivity contribution in [2.45, 2.75) is 11.8 Å². The zero-order valence-corrected chi connectivity index (χ0v) is 14.1. The highest BCUT2D eigenvalue weighted by atomic mass is 32.2. The number of anilines is 2. The highest BCUT2D eigenvalue weighted by molar-refractivity contribution is 7.92. The minimum Gasteiger partial charge on any atom is -0.478 e. The van der Waals surface area contributed by atoms with Gasteiger partial charge in [-0.05, 0) is 42.0 Å². The van der Waals surface area contributed by atoms with Crippen molar-refractivity contribution >= 4 is 39.4 Å². The van der Waals surface area contributed by atoms with Gasteiger partial charge in [0.1, 0.15) is 0 Å². The van der Waals surface area contributed by atoms with Crippen molar-refractivity contribution in [3.63, 3.8) is 0 Å². The molecule has 2 rings (SSSR count). The summed E-state index contributed by atoms with van der Waals surface area (Å²) in [5.41, 5.74) is 1.34. The monoisotopic (exact) mass is 360 g/mol. The van der Waals surface area contributed by atoms with Gasteiger partial charge < -0.3 is 10.4 Å². The van der Waals surface area contributed by atoms with Crippen LogP contribution in [0.5, 0.6) is 0 Å². The average molecular weight is 360 g/mol. The van der Waals surface area contributed by atoms with Crippen LogP contribution in [0.2, 0.25) is 0 Å². The molecule has 3 N–H and O–H groups in total. The van der Waals surface area contributed by atoms with E-state index < -0.39 is 16.0 Å². The van der Waals surface area contributed by atoms with Gasteiger partial charge in [0.05, 0.1) is 10.6 Å². The van der Waals surface area contributed by atoms with E-state index in [1.54, 1.807) is 18.2 Å². The first-order valence-corrected chi connectivity index (χ1v) is 8.66. The average Bonchev–Trinajstić information content (AvgIpc) is 2.52. The van der Waals surface area contributed by atoms with E-state index in [4.69, 9.17) is 5.11 Å². The Morgan fingerprint density at radius 1 is 1.04 bits per heavy atom. The van der Waals surface area contributed by atoms with Crippen LogP contribution in [0.15, 0.2) is 59.5 Å². The second-order valence-electron chi connectivity index (χ2n) is 5.11. The van der Waals surface area contributed by atoms with Crippen LogP contribution < -0.4 is 10.0 Å². The second-order valence-corrected chi connectivity index (χ2v) is 6.79. The van der Waals surface area contributed by atoms with E-state index in [1.807, 2.05) is 0 Å². The van der Waals surface area contributed by atoms with Gasteiger partial charge >= 0.3 is 5.97 Å². The fraction of sp³-hybridized carbons (Fsp3) is 0.0588. The maximum Gasteiger partial charge on any atom is 0.328 e. The summed E-state index contributed by atoms with van der Waals surface area (Å²) in [5, 5.41) is 11.2. The maximum atomic E-state index is 12.4. The molecule has 0 aliphatic heterocycles. The first-order valence-electron chi connectivity index (χ1n) is 7.18. The summed E-state index contributed by atoms with van der Waals surface area (Å²) in [6.07, 6.45) is 2.33. The molecule has 0 aliphatic rings. The van der Waals surface area contributed by atoms with Crippen molar-refractivity contribution in [1.82, 2.24) is 0 Å². The summed E-state index contributed by atoms with van der Waals surface area (Å²) >= 11 is 0. The summed E-state index contributed by atoms with van der Waals surface area (Å²) in [7, 11) is -3.81. The van der Waals surface area contributed by atoms with Gasteiger partial charge in [-0.3, -0.25) is 9.52 Å². The Labute approximate surface area is 145 Å². The lowest BCUT2D eigenvalue weighted by molar-refractivity contribution is -0.131. The second kappa shape index (κ2) is 7.63. The topological polar surface area (TPSA) is 113 Å². The minimum absolute atomic E-state index is 0.0323. The number of rotatable bonds is 6. The van der Waals surface area contributed by atoms with Crippen molar-refractivity contribution in [1.29, 1.82) is 0 Å². The molecule has 7 nitrogen and oxygen atoms in total. The number of hydrogen-bond donors (Lipinski definition) is 3. The largest absolute Gasteiger partial charge is 0.478 e. The molecular formula is C17H16N2O5S.